The van der Waals surface area contributed by atoms with Gasteiger partial charge in [0, 0.05) is 37.3 Å². The number of piperidine rings is 1. The highest BCUT2D eigenvalue weighted by Gasteiger charge is 2.23. The number of amides is 2. The Kier molecular flexibility index (Phi) is 7.53. The molecule has 5 nitrogen and oxygen atoms in total. The second-order valence-electron chi connectivity index (χ2n) is 6.18. The first-order valence-electron chi connectivity index (χ1n) is 8.40. The third-order valence-electron chi connectivity index (χ3n) is 4.30. The molecule has 6 heteroatoms. The number of anilines is 1. The second kappa shape index (κ2) is 9.64. The molecule has 0 spiro atoms. The third-order valence-corrected chi connectivity index (χ3v) is 4.55. The van der Waals surface area contributed by atoms with Crippen molar-refractivity contribution in [3.63, 3.8) is 0 Å². The summed E-state index contributed by atoms with van der Waals surface area (Å²) in [5, 5.41) is 3.52. The van der Waals surface area contributed by atoms with E-state index in [2.05, 4.69) is 5.32 Å². The van der Waals surface area contributed by atoms with Crippen LogP contribution in [-0.2, 0) is 14.3 Å². The number of carbonyl (C=O) groups excluding carboxylic acids is 2. The Balaban J connectivity index is 1.73. The SMILES string of the molecule is COCCC(=O)N1CCCC(CCC(=O)Nc2ccc(Cl)cc2)C1. The van der Waals surface area contributed by atoms with Gasteiger partial charge in [-0.15, -0.1) is 0 Å². The molecule has 1 aromatic carbocycles. The number of hydrogen-bond acceptors (Lipinski definition) is 3. The molecule has 24 heavy (non-hydrogen) atoms. The summed E-state index contributed by atoms with van der Waals surface area (Å²) in [7, 11) is 1.60. The van der Waals surface area contributed by atoms with Gasteiger partial charge in [-0.2, -0.15) is 0 Å². The number of ether oxygens (including phenoxy) is 1. The molecule has 0 saturated carbocycles. The first kappa shape index (κ1) is 18.7. The van der Waals surface area contributed by atoms with E-state index < -0.39 is 0 Å². The van der Waals surface area contributed by atoms with E-state index >= 15 is 0 Å². The van der Waals surface area contributed by atoms with Crippen LogP contribution >= 0.6 is 11.6 Å². The van der Waals surface area contributed by atoms with Crippen molar-refractivity contribution >= 4 is 29.1 Å². The molecule has 0 radical (unpaired) electrons. The molecule has 1 saturated heterocycles. The van der Waals surface area contributed by atoms with Crippen LogP contribution in [0.2, 0.25) is 5.02 Å². The number of methoxy groups -OCH3 is 1. The number of benzene rings is 1. The van der Waals surface area contributed by atoms with Gasteiger partial charge in [0.25, 0.3) is 0 Å². The van der Waals surface area contributed by atoms with Crippen LogP contribution in [0.4, 0.5) is 5.69 Å². The van der Waals surface area contributed by atoms with Crippen molar-refractivity contribution in [3.8, 4) is 0 Å². The lowest BCUT2D eigenvalue weighted by Gasteiger charge is -2.32. The maximum absolute atomic E-state index is 12.1. The zero-order valence-corrected chi connectivity index (χ0v) is 14.8. The fourth-order valence-corrected chi connectivity index (χ4v) is 3.09. The van der Waals surface area contributed by atoms with Crippen molar-refractivity contribution in [1.29, 1.82) is 0 Å². The van der Waals surface area contributed by atoms with Crippen LogP contribution in [0.15, 0.2) is 24.3 Å². The number of nitrogens with one attached hydrogen (secondary N) is 1. The predicted octanol–water partition coefficient (Wildman–Crippen LogP) is 3.33. The van der Waals surface area contributed by atoms with Crippen LogP contribution in [0.1, 0.15) is 32.1 Å². The van der Waals surface area contributed by atoms with Crippen LogP contribution in [-0.4, -0.2) is 43.5 Å². The van der Waals surface area contributed by atoms with Gasteiger partial charge in [0.05, 0.1) is 13.0 Å². The maximum Gasteiger partial charge on any atom is 0.224 e. The standard InChI is InChI=1S/C18H25ClN2O3/c1-24-12-10-18(23)21-11-2-3-14(13-21)4-9-17(22)20-16-7-5-15(19)6-8-16/h5-8,14H,2-4,9-13H2,1H3,(H,20,22). The minimum absolute atomic E-state index is 0.000144. The number of hydrogen-bond donors (Lipinski definition) is 1. The Labute approximate surface area is 148 Å². The summed E-state index contributed by atoms with van der Waals surface area (Å²) < 4.78 is 4.96. The number of halogens is 1. The lowest BCUT2D eigenvalue weighted by Crippen LogP contribution is -2.40. The van der Waals surface area contributed by atoms with Gasteiger partial charge in [0.2, 0.25) is 11.8 Å². The topological polar surface area (TPSA) is 58.6 Å². The Morgan fingerprint density at radius 3 is 2.75 bits per heavy atom. The highest BCUT2D eigenvalue weighted by molar-refractivity contribution is 6.30. The summed E-state index contributed by atoms with van der Waals surface area (Å²) in [5.74, 6) is 0.536. The minimum atomic E-state index is 0.000144. The largest absolute Gasteiger partial charge is 0.384 e. The van der Waals surface area contributed by atoms with E-state index in [-0.39, 0.29) is 11.8 Å². The van der Waals surface area contributed by atoms with E-state index in [4.69, 9.17) is 16.3 Å². The van der Waals surface area contributed by atoms with E-state index in [9.17, 15) is 9.59 Å². The van der Waals surface area contributed by atoms with Crippen molar-refractivity contribution in [2.45, 2.75) is 32.1 Å². The Hall–Kier alpha value is -1.59. The smallest absolute Gasteiger partial charge is 0.224 e. The highest BCUT2D eigenvalue weighted by Crippen LogP contribution is 2.22. The molecular formula is C18H25ClN2O3. The van der Waals surface area contributed by atoms with E-state index in [1.54, 1.807) is 31.4 Å². The fourth-order valence-electron chi connectivity index (χ4n) is 2.97. The highest BCUT2D eigenvalue weighted by atomic mass is 35.5. The van der Waals surface area contributed by atoms with Crippen LogP contribution in [0.5, 0.6) is 0 Å². The fraction of sp³-hybridized carbons (Fsp3) is 0.556. The summed E-state index contributed by atoms with van der Waals surface area (Å²) in [4.78, 5) is 26.0. The molecule has 1 aliphatic heterocycles. The molecule has 1 fully saturated rings. The van der Waals surface area contributed by atoms with E-state index in [1.807, 2.05) is 4.90 Å². The lowest BCUT2D eigenvalue weighted by atomic mass is 9.93. The zero-order chi connectivity index (χ0) is 17.4. The first-order valence-corrected chi connectivity index (χ1v) is 8.78. The van der Waals surface area contributed by atoms with E-state index in [0.717, 1.165) is 38.0 Å². The predicted molar refractivity (Wildman–Crippen MR) is 95.1 cm³/mol. The minimum Gasteiger partial charge on any atom is -0.384 e. The van der Waals surface area contributed by atoms with Crippen LogP contribution in [0.25, 0.3) is 0 Å². The third kappa shape index (κ3) is 6.13. The van der Waals surface area contributed by atoms with Gasteiger partial charge in [-0.05, 0) is 49.4 Å². The van der Waals surface area contributed by atoms with Gasteiger partial charge in [-0.1, -0.05) is 11.6 Å². The number of carbonyl (C=O) groups is 2. The molecule has 1 aromatic rings. The van der Waals surface area contributed by atoms with E-state index in [0.29, 0.717) is 30.4 Å². The van der Waals surface area contributed by atoms with Crippen LogP contribution in [0, 0.1) is 5.92 Å². The molecule has 0 aliphatic carbocycles. The molecular weight excluding hydrogens is 328 g/mol. The second-order valence-corrected chi connectivity index (χ2v) is 6.62. The van der Waals surface area contributed by atoms with Crippen LogP contribution in [0.3, 0.4) is 0 Å². The molecule has 132 valence electrons. The average molecular weight is 353 g/mol. The number of nitrogens with zero attached hydrogens (tertiary/aromatic N) is 1. The molecule has 0 bridgehead atoms. The van der Waals surface area contributed by atoms with Gasteiger partial charge in [-0.25, -0.2) is 0 Å². The Morgan fingerprint density at radius 2 is 2.04 bits per heavy atom. The lowest BCUT2D eigenvalue weighted by molar-refractivity contribution is -0.134. The quantitative estimate of drug-likeness (QED) is 0.818. The monoisotopic (exact) mass is 352 g/mol. The van der Waals surface area contributed by atoms with Gasteiger partial charge in [0.1, 0.15) is 0 Å². The summed E-state index contributed by atoms with van der Waals surface area (Å²) in [6.45, 7) is 2.02. The van der Waals surface area contributed by atoms with Crippen molar-refractivity contribution in [2.24, 2.45) is 5.92 Å². The number of likely N-dealkylation sites (tertiary alicyclic amines) is 1. The summed E-state index contributed by atoms with van der Waals surface area (Å²) in [5.41, 5.74) is 0.754. The molecule has 0 aromatic heterocycles. The molecule has 1 atom stereocenters. The zero-order valence-electron chi connectivity index (χ0n) is 14.1. The Bertz CT molecular complexity index is 548. The van der Waals surface area contributed by atoms with E-state index in [1.165, 1.54) is 0 Å². The van der Waals surface area contributed by atoms with Gasteiger partial charge < -0.3 is 15.0 Å². The summed E-state index contributed by atoms with van der Waals surface area (Å²) in [6.07, 6.45) is 3.77. The molecule has 1 heterocycles. The van der Waals surface area contributed by atoms with Crippen molar-refractivity contribution in [3.05, 3.63) is 29.3 Å². The number of rotatable bonds is 7. The van der Waals surface area contributed by atoms with Gasteiger partial charge in [0.15, 0.2) is 0 Å². The summed E-state index contributed by atoms with van der Waals surface area (Å²) in [6, 6.07) is 7.08. The van der Waals surface area contributed by atoms with Crippen molar-refractivity contribution in [2.75, 3.05) is 32.1 Å². The summed E-state index contributed by atoms with van der Waals surface area (Å²) >= 11 is 5.83. The molecule has 1 N–H and O–H groups in total. The van der Waals surface area contributed by atoms with Gasteiger partial charge in [-0.3, -0.25) is 9.59 Å². The average Bonchev–Trinajstić information content (AvgIpc) is 2.60. The molecule has 2 amide bonds. The molecule has 1 aliphatic rings. The van der Waals surface area contributed by atoms with Crippen molar-refractivity contribution < 1.29 is 14.3 Å². The molecule has 2 rings (SSSR count). The first-order chi connectivity index (χ1) is 11.6. The molecule has 1 unspecified atom stereocenters. The van der Waals surface area contributed by atoms with Crippen molar-refractivity contribution in [1.82, 2.24) is 4.90 Å². The normalized spacial score (nSPS) is 17.6. The van der Waals surface area contributed by atoms with Gasteiger partial charge >= 0.3 is 0 Å². The maximum atomic E-state index is 12.1. The Morgan fingerprint density at radius 1 is 1.29 bits per heavy atom. The van der Waals surface area contributed by atoms with Crippen LogP contribution < -0.4 is 5.32 Å².